The summed E-state index contributed by atoms with van der Waals surface area (Å²) in [5, 5.41) is 0. The van der Waals surface area contributed by atoms with Gasteiger partial charge in [-0.15, -0.1) is 0 Å². The Kier molecular flexibility index (Phi) is 4.83. The second-order valence-electron chi connectivity index (χ2n) is 3.61. The Balaban J connectivity index is 2.68. The van der Waals surface area contributed by atoms with Crippen molar-refractivity contribution >= 4 is 5.97 Å². The van der Waals surface area contributed by atoms with E-state index in [1.54, 1.807) is 25.3 Å². The maximum Gasteiger partial charge on any atom is 0.314 e. The van der Waals surface area contributed by atoms with E-state index >= 15 is 0 Å². The Morgan fingerprint density at radius 3 is 2.44 bits per heavy atom. The van der Waals surface area contributed by atoms with Crippen LogP contribution in [0.2, 0.25) is 0 Å². The van der Waals surface area contributed by atoms with Crippen molar-refractivity contribution in [2.24, 2.45) is 5.92 Å². The van der Waals surface area contributed by atoms with Crippen molar-refractivity contribution in [3.8, 4) is 11.5 Å². The molecule has 0 amide bonds. The number of benzene rings is 1. The van der Waals surface area contributed by atoms with Crippen LogP contribution in [0.15, 0.2) is 24.3 Å². The second kappa shape index (κ2) is 6.16. The molecule has 16 heavy (non-hydrogen) atoms. The molecule has 3 heteroatoms. The molecule has 0 saturated carbocycles. The van der Waals surface area contributed by atoms with E-state index in [4.69, 9.17) is 9.47 Å². The summed E-state index contributed by atoms with van der Waals surface area (Å²) in [6, 6.07) is 7.08. The Hall–Kier alpha value is -1.51. The molecule has 0 spiro atoms. The number of hydrogen-bond donors (Lipinski definition) is 0. The highest BCUT2D eigenvalue weighted by Gasteiger charge is 2.16. The predicted octanol–water partition coefficient (Wildman–Crippen LogP) is 3.04. The summed E-state index contributed by atoms with van der Waals surface area (Å²) in [4.78, 5) is 11.7. The molecule has 0 aliphatic carbocycles. The second-order valence-corrected chi connectivity index (χ2v) is 3.61. The summed E-state index contributed by atoms with van der Waals surface area (Å²) >= 11 is 0. The molecule has 0 unspecified atom stereocenters. The van der Waals surface area contributed by atoms with Crippen molar-refractivity contribution in [3.63, 3.8) is 0 Å². The van der Waals surface area contributed by atoms with Crippen LogP contribution in [0.5, 0.6) is 11.5 Å². The lowest BCUT2D eigenvalue weighted by Gasteiger charge is -2.11. The number of rotatable bonds is 5. The van der Waals surface area contributed by atoms with E-state index in [2.05, 4.69) is 0 Å². The van der Waals surface area contributed by atoms with Crippen LogP contribution in [-0.2, 0) is 4.79 Å². The Labute approximate surface area is 96.4 Å². The number of hydrogen-bond acceptors (Lipinski definition) is 3. The van der Waals surface area contributed by atoms with Crippen LogP contribution >= 0.6 is 0 Å². The van der Waals surface area contributed by atoms with Gasteiger partial charge in [-0.1, -0.05) is 19.9 Å². The van der Waals surface area contributed by atoms with Gasteiger partial charge < -0.3 is 9.47 Å². The minimum Gasteiger partial charge on any atom is -0.497 e. The van der Waals surface area contributed by atoms with Crippen LogP contribution in [0.4, 0.5) is 0 Å². The Bertz CT molecular complexity index is 343. The van der Waals surface area contributed by atoms with Gasteiger partial charge in [0.2, 0.25) is 0 Å². The maximum absolute atomic E-state index is 11.7. The normalized spacial score (nSPS) is 10.2. The number of methoxy groups -OCH3 is 1. The summed E-state index contributed by atoms with van der Waals surface area (Å²) in [7, 11) is 1.59. The molecule has 1 rings (SSSR count). The van der Waals surface area contributed by atoms with E-state index in [1.165, 1.54) is 0 Å². The minimum atomic E-state index is -0.168. The van der Waals surface area contributed by atoms with Crippen LogP contribution in [0.25, 0.3) is 0 Å². The molecule has 0 aromatic heterocycles. The van der Waals surface area contributed by atoms with Gasteiger partial charge in [-0.05, 0) is 25.0 Å². The molecule has 0 radical (unpaired) electrons. The van der Waals surface area contributed by atoms with Crippen LogP contribution in [0.1, 0.15) is 26.7 Å². The lowest BCUT2D eigenvalue weighted by molar-refractivity contribution is -0.139. The van der Waals surface area contributed by atoms with Gasteiger partial charge in [0.05, 0.1) is 13.0 Å². The third-order valence-electron chi connectivity index (χ3n) is 2.58. The largest absolute Gasteiger partial charge is 0.497 e. The molecule has 0 aliphatic rings. The molecule has 3 nitrogen and oxygen atoms in total. The fourth-order valence-corrected chi connectivity index (χ4v) is 1.49. The van der Waals surface area contributed by atoms with Crippen LogP contribution in [0, 0.1) is 5.92 Å². The SMILES string of the molecule is CCC(CC)C(=O)Oc1cccc(OC)c1. The topological polar surface area (TPSA) is 35.5 Å². The predicted molar refractivity (Wildman–Crippen MR) is 62.7 cm³/mol. The van der Waals surface area contributed by atoms with Crippen molar-refractivity contribution in [2.75, 3.05) is 7.11 Å². The Morgan fingerprint density at radius 1 is 1.25 bits per heavy atom. The molecular formula is C13H18O3. The average Bonchev–Trinajstić information content (AvgIpc) is 2.31. The van der Waals surface area contributed by atoms with Gasteiger partial charge in [0.1, 0.15) is 11.5 Å². The molecule has 0 fully saturated rings. The van der Waals surface area contributed by atoms with Gasteiger partial charge in [-0.2, -0.15) is 0 Å². The molecule has 0 aliphatic heterocycles. The molecule has 0 bridgehead atoms. The van der Waals surface area contributed by atoms with Crippen LogP contribution < -0.4 is 9.47 Å². The minimum absolute atomic E-state index is 0.0220. The molecular weight excluding hydrogens is 204 g/mol. The van der Waals surface area contributed by atoms with E-state index < -0.39 is 0 Å². The quantitative estimate of drug-likeness (QED) is 0.567. The lowest BCUT2D eigenvalue weighted by Crippen LogP contribution is -2.19. The molecule has 0 N–H and O–H groups in total. The number of carbonyl (C=O) groups excluding carboxylic acids is 1. The zero-order chi connectivity index (χ0) is 12.0. The van der Waals surface area contributed by atoms with Gasteiger partial charge in [-0.25, -0.2) is 0 Å². The zero-order valence-electron chi connectivity index (χ0n) is 10.0. The summed E-state index contributed by atoms with van der Waals surface area (Å²) in [6.07, 6.45) is 1.61. The third-order valence-corrected chi connectivity index (χ3v) is 2.58. The molecule has 88 valence electrons. The highest BCUT2D eigenvalue weighted by molar-refractivity contribution is 5.75. The third kappa shape index (κ3) is 3.26. The number of esters is 1. The highest BCUT2D eigenvalue weighted by atomic mass is 16.5. The van der Waals surface area contributed by atoms with Crippen molar-refractivity contribution in [1.82, 2.24) is 0 Å². The maximum atomic E-state index is 11.7. The van der Waals surface area contributed by atoms with E-state index in [9.17, 15) is 4.79 Å². The zero-order valence-corrected chi connectivity index (χ0v) is 10.0. The fraction of sp³-hybridized carbons (Fsp3) is 0.462. The van der Waals surface area contributed by atoms with Crippen molar-refractivity contribution in [2.45, 2.75) is 26.7 Å². The molecule has 1 aromatic rings. The molecule has 0 heterocycles. The van der Waals surface area contributed by atoms with Gasteiger partial charge in [0.25, 0.3) is 0 Å². The summed E-state index contributed by atoms with van der Waals surface area (Å²) in [5.41, 5.74) is 0. The van der Waals surface area contributed by atoms with Crippen molar-refractivity contribution in [3.05, 3.63) is 24.3 Å². The summed E-state index contributed by atoms with van der Waals surface area (Å²) in [5.74, 6) is 1.04. The summed E-state index contributed by atoms with van der Waals surface area (Å²) in [6.45, 7) is 3.97. The molecule has 0 atom stereocenters. The van der Waals surface area contributed by atoms with Crippen LogP contribution in [-0.4, -0.2) is 13.1 Å². The average molecular weight is 222 g/mol. The van der Waals surface area contributed by atoms with Gasteiger partial charge in [-0.3, -0.25) is 4.79 Å². The first-order chi connectivity index (χ1) is 7.71. The van der Waals surface area contributed by atoms with E-state index in [-0.39, 0.29) is 11.9 Å². The number of ether oxygens (including phenoxy) is 2. The van der Waals surface area contributed by atoms with Gasteiger partial charge in [0, 0.05) is 6.07 Å². The van der Waals surface area contributed by atoms with Crippen molar-refractivity contribution in [1.29, 1.82) is 0 Å². The van der Waals surface area contributed by atoms with E-state index in [1.807, 2.05) is 19.9 Å². The van der Waals surface area contributed by atoms with Gasteiger partial charge >= 0.3 is 5.97 Å². The fourth-order valence-electron chi connectivity index (χ4n) is 1.49. The standard InChI is InChI=1S/C13H18O3/c1-4-10(5-2)13(14)16-12-8-6-7-11(9-12)15-3/h6-10H,4-5H2,1-3H3. The first-order valence-electron chi connectivity index (χ1n) is 5.57. The summed E-state index contributed by atoms with van der Waals surface area (Å²) < 4.78 is 10.3. The molecule has 1 aromatic carbocycles. The van der Waals surface area contributed by atoms with E-state index in [0.717, 1.165) is 12.8 Å². The van der Waals surface area contributed by atoms with Crippen LogP contribution in [0.3, 0.4) is 0 Å². The monoisotopic (exact) mass is 222 g/mol. The van der Waals surface area contributed by atoms with Crippen molar-refractivity contribution < 1.29 is 14.3 Å². The highest BCUT2D eigenvalue weighted by Crippen LogP contribution is 2.20. The first kappa shape index (κ1) is 12.6. The van der Waals surface area contributed by atoms with E-state index in [0.29, 0.717) is 11.5 Å². The lowest BCUT2D eigenvalue weighted by atomic mass is 10.0. The Morgan fingerprint density at radius 2 is 1.88 bits per heavy atom. The van der Waals surface area contributed by atoms with Gasteiger partial charge in [0.15, 0.2) is 0 Å². The number of carbonyl (C=O) groups is 1. The molecule has 0 saturated heterocycles. The first-order valence-corrected chi connectivity index (χ1v) is 5.57. The smallest absolute Gasteiger partial charge is 0.314 e.